The van der Waals surface area contributed by atoms with Gasteiger partial charge >= 0.3 is 0 Å². The van der Waals surface area contributed by atoms with Crippen LogP contribution in [0.25, 0.3) is 16.6 Å². The molecule has 0 saturated heterocycles. The van der Waals surface area contributed by atoms with Crippen LogP contribution in [0.4, 0.5) is 10.1 Å². The van der Waals surface area contributed by atoms with E-state index in [1.807, 2.05) is 12.1 Å². The molecule has 0 bridgehead atoms. The van der Waals surface area contributed by atoms with Crippen LogP contribution in [0.1, 0.15) is 31.0 Å². The fraction of sp³-hybridized carbons (Fsp3) is 0.211. The van der Waals surface area contributed by atoms with Crippen molar-refractivity contribution in [2.75, 3.05) is 12.0 Å². The topological polar surface area (TPSA) is 54.8 Å². The Balaban J connectivity index is 2.46. The highest BCUT2D eigenvalue weighted by Crippen LogP contribution is 2.40. The second-order valence-electron chi connectivity index (χ2n) is 6.03. The Morgan fingerprint density at radius 3 is 2.42 bits per heavy atom. The molecule has 0 spiro atoms. The van der Waals surface area contributed by atoms with Crippen molar-refractivity contribution in [2.45, 2.75) is 24.7 Å². The predicted molar refractivity (Wildman–Crippen MR) is 101 cm³/mol. The molecule has 0 radical (unpaired) electrons. The molecule has 0 atom stereocenters. The Bertz CT molecular complexity index is 911. The maximum absolute atomic E-state index is 13.4. The fourth-order valence-electron chi connectivity index (χ4n) is 3.09. The van der Waals surface area contributed by atoms with Crippen LogP contribution >= 0.6 is 11.8 Å². The van der Waals surface area contributed by atoms with Crippen molar-refractivity contribution >= 4 is 34.6 Å². The summed E-state index contributed by atoms with van der Waals surface area (Å²) in [6.07, 6.45) is 3.32. The molecule has 3 rings (SSSR count). The number of thioether (sulfide) groups is 1. The zero-order valence-electron chi connectivity index (χ0n) is 13.9. The normalized spacial score (nSPS) is 11.4. The summed E-state index contributed by atoms with van der Waals surface area (Å²) in [5.41, 5.74) is 10.4. The standard InChI is InChI=1S/C19H20FN3S/c1-11(2)18-19(24-3)15-9-16(22)12(10-21)8-17(15)23(18)14-6-4-13(20)5-7-14/h4-11,21H,22H2,1-3H3. The maximum atomic E-state index is 13.4. The molecule has 1 aromatic heterocycles. The van der Waals surface area contributed by atoms with Crippen molar-refractivity contribution in [3.63, 3.8) is 0 Å². The summed E-state index contributed by atoms with van der Waals surface area (Å²) in [7, 11) is 0. The lowest BCUT2D eigenvalue weighted by Crippen LogP contribution is -2.03. The van der Waals surface area contributed by atoms with E-state index in [0.717, 1.165) is 16.6 Å². The van der Waals surface area contributed by atoms with Crippen molar-refractivity contribution in [2.24, 2.45) is 0 Å². The summed E-state index contributed by atoms with van der Waals surface area (Å²) in [6.45, 7) is 4.30. The Morgan fingerprint density at radius 1 is 1.21 bits per heavy atom. The second kappa shape index (κ2) is 6.32. The van der Waals surface area contributed by atoms with Gasteiger partial charge in [0.25, 0.3) is 0 Å². The number of rotatable bonds is 4. The van der Waals surface area contributed by atoms with Crippen LogP contribution in [0, 0.1) is 11.2 Å². The van der Waals surface area contributed by atoms with Crippen molar-refractivity contribution in [3.8, 4) is 5.69 Å². The van der Waals surface area contributed by atoms with Crippen LogP contribution in [-0.2, 0) is 0 Å². The molecule has 0 unspecified atom stereocenters. The highest BCUT2D eigenvalue weighted by Gasteiger charge is 2.21. The molecule has 124 valence electrons. The van der Waals surface area contributed by atoms with Crippen LogP contribution in [-0.4, -0.2) is 17.0 Å². The Labute approximate surface area is 145 Å². The third-order valence-electron chi connectivity index (χ3n) is 4.15. The number of hydrogen-bond acceptors (Lipinski definition) is 3. The molecule has 3 aromatic rings. The Hall–Kier alpha value is -2.27. The molecule has 0 aliphatic rings. The summed E-state index contributed by atoms with van der Waals surface area (Å²) in [5.74, 6) is 0.0328. The van der Waals surface area contributed by atoms with E-state index in [-0.39, 0.29) is 11.7 Å². The quantitative estimate of drug-likeness (QED) is 0.389. The third kappa shape index (κ3) is 2.59. The molecule has 3 N–H and O–H groups in total. The first kappa shape index (κ1) is 16.6. The van der Waals surface area contributed by atoms with Gasteiger partial charge in [0.2, 0.25) is 0 Å². The lowest BCUT2D eigenvalue weighted by molar-refractivity contribution is 0.627. The van der Waals surface area contributed by atoms with E-state index in [1.54, 1.807) is 23.9 Å². The molecule has 0 aliphatic heterocycles. The highest BCUT2D eigenvalue weighted by molar-refractivity contribution is 7.98. The van der Waals surface area contributed by atoms with Crippen LogP contribution < -0.4 is 5.73 Å². The number of fused-ring (bicyclic) bond motifs is 1. The molecule has 0 amide bonds. The number of nitrogens with zero attached hydrogens (tertiary/aromatic N) is 1. The minimum absolute atomic E-state index is 0.254. The molecule has 0 fully saturated rings. The van der Waals surface area contributed by atoms with Gasteiger partial charge in [0, 0.05) is 39.1 Å². The average molecular weight is 341 g/mol. The third-order valence-corrected chi connectivity index (χ3v) is 4.99. The van der Waals surface area contributed by atoms with Gasteiger partial charge in [0.05, 0.1) is 5.52 Å². The first-order chi connectivity index (χ1) is 11.5. The lowest BCUT2D eigenvalue weighted by Gasteiger charge is -2.15. The minimum Gasteiger partial charge on any atom is -0.398 e. The molecule has 0 aliphatic carbocycles. The molecular formula is C19H20FN3S. The molecule has 0 saturated carbocycles. The maximum Gasteiger partial charge on any atom is 0.123 e. The van der Waals surface area contributed by atoms with E-state index < -0.39 is 0 Å². The first-order valence-corrected chi connectivity index (χ1v) is 8.98. The first-order valence-electron chi connectivity index (χ1n) is 7.76. The van der Waals surface area contributed by atoms with Gasteiger partial charge in [-0.3, -0.25) is 0 Å². The van der Waals surface area contributed by atoms with E-state index in [1.165, 1.54) is 28.9 Å². The number of hydrogen-bond donors (Lipinski definition) is 2. The van der Waals surface area contributed by atoms with Crippen LogP contribution in [0.5, 0.6) is 0 Å². The van der Waals surface area contributed by atoms with Crippen LogP contribution in [0.2, 0.25) is 0 Å². The van der Waals surface area contributed by atoms with Gasteiger partial charge in [-0.25, -0.2) is 4.39 Å². The van der Waals surface area contributed by atoms with Gasteiger partial charge in [0.15, 0.2) is 0 Å². The Kier molecular flexibility index (Phi) is 4.37. The van der Waals surface area contributed by atoms with Gasteiger partial charge < -0.3 is 15.7 Å². The van der Waals surface area contributed by atoms with Gasteiger partial charge in [0.1, 0.15) is 5.82 Å². The number of anilines is 1. The molecule has 5 heteroatoms. The van der Waals surface area contributed by atoms with Crippen LogP contribution in [0.3, 0.4) is 0 Å². The minimum atomic E-state index is -0.254. The Morgan fingerprint density at radius 2 is 1.88 bits per heavy atom. The predicted octanol–water partition coefficient (Wildman–Crippen LogP) is 5.19. The van der Waals surface area contributed by atoms with E-state index in [9.17, 15) is 4.39 Å². The largest absolute Gasteiger partial charge is 0.398 e. The summed E-state index contributed by atoms with van der Waals surface area (Å²) in [6, 6.07) is 10.4. The number of nitrogens with two attached hydrogens (primary N) is 1. The van der Waals surface area contributed by atoms with E-state index in [2.05, 4.69) is 24.7 Å². The zero-order chi connectivity index (χ0) is 17.4. The van der Waals surface area contributed by atoms with E-state index in [4.69, 9.17) is 11.1 Å². The SMILES string of the molecule is CSc1c(C(C)C)n(-c2ccc(F)cc2)c2cc(C=N)c(N)cc12. The molecule has 24 heavy (non-hydrogen) atoms. The fourth-order valence-corrected chi connectivity index (χ4v) is 4.01. The van der Waals surface area contributed by atoms with Crippen molar-refractivity contribution in [3.05, 3.63) is 53.5 Å². The van der Waals surface area contributed by atoms with Crippen molar-refractivity contribution in [1.29, 1.82) is 5.41 Å². The number of nitrogens with one attached hydrogen (secondary N) is 1. The van der Waals surface area contributed by atoms with Crippen LogP contribution in [0.15, 0.2) is 41.3 Å². The summed E-state index contributed by atoms with van der Waals surface area (Å²) >= 11 is 1.69. The van der Waals surface area contributed by atoms with Gasteiger partial charge in [-0.1, -0.05) is 13.8 Å². The monoisotopic (exact) mass is 341 g/mol. The average Bonchev–Trinajstić information content (AvgIpc) is 2.88. The van der Waals surface area contributed by atoms with Gasteiger partial charge in [-0.05, 0) is 48.6 Å². The number of halogens is 1. The van der Waals surface area contributed by atoms with Crippen molar-refractivity contribution in [1.82, 2.24) is 4.57 Å². The number of nitrogen functional groups attached to an aromatic ring is 1. The zero-order valence-corrected chi connectivity index (χ0v) is 14.7. The smallest absolute Gasteiger partial charge is 0.123 e. The lowest BCUT2D eigenvalue weighted by atomic mass is 10.1. The molecule has 3 nitrogen and oxygen atoms in total. The summed E-state index contributed by atoms with van der Waals surface area (Å²) in [4.78, 5) is 1.17. The molecule has 2 aromatic carbocycles. The second-order valence-corrected chi connectivity index (χ2v) is 6.84. The summed E-state index contributed by atoms with van der Waals surface area (Å²) < 4.78 is 15.5. The number of aromatic nitrogens is 1. The van der Waals surface area contributed by atoms with Gasteiger partial charge in [-0.2, -0.15) is 0 Å². The molecule has 1 heterocycles. The summed E-state index contributed by atoms with van der Waals surface area (Å²) in [5, 5.41) is 8.65. The molecular weight excluding hydrogens is 321 g/mol. The highest BCUT2D eigenvalue weighted by atomic mass is 32.2. The van der Waals surface area contributed by atoms with E-state index >= 15 is 0 Å². The van der Waals surface area contributed by atoms with Crippen molar-refractivity contribution < 1.29 is 4.39 Å². The van der Waals surface area contributed by atoms with E-state index in [0.29, 0.717) is 11.3 Å². The van der Waals surface area contributed by atoms with Gasteiger partial charge in [-0.15, -0.1) is 11.8 Å². The number of benzene rings is 2.